The molecule has 1 unspecified atom stereocenters. The predicted octanol–water partition coefficient (Wildman–Crippen LogP) is 1.43. The highest BCUT2D eigenvalue weighted by molar-refractivity contribution is 9.10. The molecule has 4 nitrogen and oxygen atoms in total. The SMILES string of the molecule is CC(Br)C(=O)N(CCC#N)CCC#N. The molecule has 0 bridgehead atoms. The summed E-state index contributed by atoms with van der Waals surface area (Å²) in [4.78, 5) is 12.8. The quantitative estimate of drug-likeness (QED) is 0.700. The van der Waals surface area contributed by atoms with Gasteiger partial charge in [0.2, 0.25) is 5.91 Å². The molecule has 0 radical (unpaired) electrons. The number of rotatable bonds is 5. The summed E-state index contributed by atoms with van der Waals surface area (Å²) in [6.45, 7) is 2.52. The Morgan fingerprint density at radius 1 is 1.36 bits per heavy atom. The molecule has 1 atom stereocenters. The van der Waals surface area contributed by atoms with Crippen molar-refractivity contribution in [2.24, 2.45) is 0 Å². The number of halogens is 1. The number of hydrogen-bond donors (Lipinski definition) is 0. The molecule has 0 saturated heterocycles. The minimum Gasteiger partial charge on any atom is -0.340 e. The summed E-state index contributed by atoms with van der Waals surface area (Å²) in [6, 6.07) is 3.95. The van der Waals surface area contributed by atoms with Crippen molar-refractivity contribution in [3.63, 3.8) is 0 Å². The summed E-state index contributed by atoms with van der Waals surface area (Å²) >= 11 is 3.17. The molecule has 0 rings (SSSR count). The maximum atomic E-state index is 11.5. The largest absolute Gasteiger partial charge is 0.340 e. The third-order valence-corrected chi connectivity index (χ3v) is 2.03. The van der Waals surface area contributed by atoms with Gasteiger partial charge in [-0.25, -0.2) is 0 Å². The Morgan fingerprint density at radius 3 is 2.07 bits per heavy atom. The van der Waals surface area contributed by atoms with Crippen molar-refractivity contribution in [1.82, 2.24) is 4.90 Å². The second-order valence-electron chi connectivity index (χ2n) is 2.76. The summed E-state index contributed by atoms with van der Waals surface area (Å²) in [5, 5.41) is 16.8. The van der Waals surface area contributed by atoms with E-state index in [0.717, 1.165) is 0 Å². The molecule has 0 N–H and O–H groups in total. The van der Waals surface area contributed by atoms with Gasteiger partial charge in [-0.15, -0.1) is 0 Å². The first-order valence-corrected chi connectivity index (χ1v) is 5.21. The Morgan fingerprint density at radius 2 is 1.79 bits per heavy atom. The summed E-state index contributed by atoms with van der Waals surface area (Å²) in [7, 11) is 0. The zero-order valence-electron chi connectivity index (χ0n) is 8.03. The van der Waals surface area contributed by atoms with E-state index >= 15 is 0 Å². The van der Waals surface area contributed by atoms with E-state index in [1.165, 1.54) is 4.90 Å². The first-order valence-electron chi connectivity index (χ1n) is 4.30. The van der Waals surface area contributed by atoms with E-state index in [-0.39, 0.29) is 10.7 Å². The lowest BCUT2D eigenvalue weighted by molar-refractivity contribution is -0.130. The number of nitriles is 2. The Kier molecular flexibility index (Phi) is 6.78. The van der Waals surface area contributed by atoms with Crippen molar-refractivity contribution in [1.29, 1.82) is 10.5 Å². The Labute approximate surface area is 92.2 Å². The highest BCUT2D eigenvalue weighted by Gasteiger charge is 2.17. The monoisotopic (exact) mass is 257 g/mol. The van der Waals surface area contributed by atoms with E-state index in [4.69, 9.17) is 10.5 Å². The van der Waals surface area contributed by atoms with Gasteiger partial charge in [0.25, 0.3) is 0 Å². The smallest absolute Gasteiger partial charge is 0.236 e. The van der Waals surface area contributed by atoms with Crippen LogP contribution in [0, 0.1) is 22.7 Å². The van der Waals surface area contributed by atoms with E-state index < -0.39 is 0 Å². The molecule has 0 aromatic heterocycles. The van der Waals surface area contributed by atoms with Gasteiger partial charge >= 0.3 is 0 Å². The molecule has 0 aromatic carbocycles. The predicted molar refractivity (Wildman–Crippen MR) is 55.4 cm³/mol. The minimum absolute atomic E-state index is 0.0736. The molecule has 0 aliphatic rings. The lowest BCUT2D eigenvalue weighted by Gasteiger charge is -2.21. The molecular formula is C9H12BrN3O. The fourth-order valence-corrected chi connectivity index (χ4v) is 1.24. The number of amides is 1. The van der Waals surface area contributed by atoms with Gasteiger partial charge in [0.1, 0.15) is 0 Å². The van der Waals surface area contributed by atoms with E-state index in [2.05, 4.69) is 15.9 Å². The van der Waals surface area contributed by atoms with Gasteiger partial charge in [-0.05, 0) is 6.92 Å². The maximum Gasteiger partial charge on any atom is 0.236 e. The molecule has 14 heavy (non-hydrogen) atoms. The van der Waals surface area contributed by atoms with Crippen LogP contribution in [-0.4, -0.2) is 28.7 Å². The van der Waals surface area contributed by atoms with Crippen LogP contribution >= 0.6 is 15.9 Å². The highest BCUT2D eigenvalue weighted by Crippen LogP contribution is 2.05. The number of hydrogen-bond acceptors (Lipinski definition) is 3. The molecule has 0 aliphatic heterocycles. The van der Waals surface area contributed by atoms with Crippen molar-refractivity contribution in [2.75, 3.05) is 13.1 Å². The van der Waals surface area contributed by atoms with E-state index in [9.17, 15) is 4.79 Å². The maximum absolute atomic E-state index is 11.5. The van der Waals surface area contributed by atoms with E-state index in [0.29, 0.717) is 25.9 Å². The van der Waals surface area contributed by atoms with Gasteiger partial charge < -0.3 is 4.90 Å². The first kappa shape index (κ1) is 12.9. The van der Waals surface area contributed by atoms with Crippen LogP contribution in [0.4, 0.5) is 0 Å². The number of carbonyl (C=O) groups is 1. The van der Waals surface area contributed by atoms with Crippen molar-refractivity contribution in [2.45, 2.75) is 24.6 Å². The van der Waals surface area contributed by atoms with Gasteiger partial charge in [-0.1, -0.05) is 15.9 Å². The fourth-order valence-electron chi connectivity index (χ4n) is 0.954. The number of nitrogens with zero attached hydrogens (tertiary/aromatic N) is 3. The molecular weight excluding hydrogens is 246 g/mol. The molecule has 0 aliphatic carbocycles. The Balaban J connectivity index is 4.18. The molecule has 0 heterocycles. The molecule has 5 heteroatoms. The summed E-state index contributed by atoms with van der Waals surface area (Å²) in [5.41, 5.74) is 0. The zero-order chi connectivity index (χ0) is 11.0. The first-order chi connectivity index (χ1) is 6.63. The number of carbonyl (C=O) groups excluding carboxylic acids is 1. The lowest BCUT2D eigenvalue weighted by Crippen LogP contribution is -2.36. The lowest BCUT2D eigenvalue weighted by atomic mass is 10.3. The van der Waals surface area contributed by atoms with Crippen molar-refractivity contribution in [3.8, 4) is 12.1 Å². The van der Waals surface area contributed by atoms with Gasteiger partial charge in [0.15, 0.2) is 0 Å². The van der Waals surface area contributed by atoms with Crippen molar-refractivity contribution in [3.05, 3.63) is 0 Å². The van der Waals surface area contributed by atoms with Crippen LogP contribution in [0.1, 0.15) is 19.8 Å². The molecule has 0 fully saturated rings. The van der Waals surface area contributed by atoms with Crippen molar-refractivity contribution < 1.29 is 4.79 Å². The van der Waals surface area contributed by atoms with Gasteiger partial charge in [0.05, 0.1) is 29.8 Å². The second kappa shape index (κ2) is 7.34. The Bertz CT molecular complexity index is 246. The highest BCUT2D eigenvalue weighted by atomic mass is 79.9. The third kappa shape index (κ3) is 4.84. The summed E-state index contributed by atoms with van der Waals surface area (Å²) in [5.74, 6) is -0.0736. The van der Waals surface area contributed by atoms with Gasteiger partial charge in [-0.2, -0.15) is 10.5 Å². The van der Waals surface area contributed by atoms with Crippen LogP contribution in [0.25, 0.3) is 0 Å². The van der Waals surface area contributed by atoms with E-state index in [1.807, 2.05) is 12.1 Å². The Hall–Kier alpha value is -1.07. The van der Waals surface area contributed by atoms with Crippen LogP contribution < -0.4 is 0 Å². The van der Waals surface area contributed by atoms with Crippen LogP contribution in [-0.2, 0) is 4.79 Å². The molecule has 1 amide bonds. The topological polar surface area (TPSA) is 67.9 Å². The van der Waals surface area contributed by atoms with Crippen LogP contribution in [0.5, 0.6) is 0 Å². The van der Waals surface area contributed by atoms with Crippen LogP contribution in [0.15, 0.2) is 0 Å². The second-order valence-corrected chi connectivity index (χ2v) is 4.13. The molecule has 0 spiro atoms. The van der Waals surface area contributed by atoms with Gasteiger partial charge in [-0.3, -0.25) is 4.79 Å². The minimum atomic E-state index is -0.264. The standard InChI is InChI=1S/C9H12BrN3O/c1-8(10)9(14)13(6-2-4-11)7-3-5-12/h8H,2-3,6-7H2,1H3. The number of alkyl halides is 1. The average molecular weight is 258 g/mol. The molecule has 0 aromatic rings. The summed E-state index contributed by atoms with van der Waals surface area (Å²) in [6.07, 6.45) is 0.605. The van der Waals surface area contributed by atoms with Crippen LogP contribution in [0.3, 0.4) is 0 Å². The summed E-state index contributed by atoms with van der Waals surface area (Å²) < 4.78 is 0. The molecule has 0 saturated carbocycles. The van der Waals surface area contributed by atoms with Gasteiger partial charge in [0, 0.05) is 13.1 Å². The van der Waals surface area contributed by atoms with Crippen LogP contribution in [0.2, 0.25) is 0 Å². The zero-order valence-corrected chi connectivity index (χ0v) is 9.62. The fraction of sp³-hybridized carbons (Fsp3) is 0.667. The van der Waals surface area contributed by atoms with Crippen molar-refractivity contribution >= 4 is 21.8 Å². The third-order valence-electron chi connectivity index (χ3n) is 1.64. The normalized spacial score (nSPS) is 11.1. The van der Waals surface area contributed by atoms with E-state index in [1.54, 1.807) is 6.92 Å². The molecule has 76 valence electrons. The average Bonchev–Trinajstić information content (AvgIpc) is 2.17.